The van der Waals surface area contributed by atoms with Gasteiger partial charge in [-0.15, -0.1) is 11.3 Å². The van der Waals surface area contributed by atoms with Crippen molar-refractivity contribution in [1.29, 1.82) is 0 Å². The highest BCUT2D eigenvalue weighted by Gasteiger charge is 2.21. The molecule has 5 heteroatoms. The maximum Gasteiger partial charge on any atom is 0.268 e. The lowest BCUT2D eigenvalue weighted by Crippen LogP contribution is -2.37. The number of nitrogens with one attached hydrogen (secondary N) is 2. The fourth-order valence-corrected chi connectivity index (χ4v) is 4.20. The summed E-state index contributed by atoms with van der Waals surface area (Å²) in [6, 6.07) is 28.6. The molecule has 1 heterocycles. The molecule has 0 radical (unpaired) electrons. The predicted octanol–water partition coefficient (Wildman–Crippen LogP) is 6.04. The van der Waals surface area contributed by atoms with E-state index in [0.29, 0.717) is 5.56 Å². The molecule has 2 N–H and O–H groups in total. The number of thiophene rings is 1. The average molecular weight is 467 g/mol. The van der Waals surface area contributed by atoms with Crippen LogP contribution in [0, 0.1) is 13.8 Å². The molecule has 0 saturated carbocycles. The standard InChI is InChI=1S/C29H26N2O2S/c1-20-10-14-23(15-11-20)27(22-7-4-3-5-8-22)31-29(33)26(19-25-9-6-18-34-25)30-28(32)24-16-12-21(2)13-17-24/h3-19,27H,1-2H3,(H,30,32)(H,31,33)/b26-19-/t27-/m1/s1. The van der Waals surface area contributed by atoms with E-state index in [0.717, 1.165) is 27.1 Å². The third-order valence-electron chi connectivity index (χ3n) is 5.46. The monoisotopic (exact) mass is 466 g/mol. The predicted molar refractivity (Wildman–Crippen MR) is 139 cm³/mol. The third kappa shape index (κ3) is 5.88. The molecule has 0 saturated heterocycles. The number of hydrogen-bond acceptors (Lipinski definition) is 3. The first-order chi connectivity index (χ1) is 16.5. The third-order valence-corrected chi connectivity index (χ3v) is 6.27. The van der Waals surface area contributed by atoms with E-state index < -0.39 is 0 Å². The van der Waals surface area contributed by atoms with Crippen LogP contribution in [0.5, 0.6) is 0 Å². The van der Waals surface area contributed by atoms with Gasteiger partial charge in [-0.25, -0.2) is 0 Å². The van der Waals surface area contributed by atoms with Crippen molar-refractivity contribution in [2.24, 2.45) is 0 Å². The Labute approximate surface area is 204 Å². The van der Waals surface area contributed by atoms with Crippen LogP contribution in [0.15, 0.2) is 102 Å². The normalized spacial score (nSPS) is 12.1. The second-order valence-corrected chi connectivity index (χ2v) is 9.10. The topological polar surface area (TPSA) is 58.2 Å². The zero-order valence-corrected chi connectivity index (χ0v) is 19.9. The Balaban J connectivity index is 1.64. The molecule has 0 unspecified atom stereocenters. The molecule has 3 aromatic carbocycles. The van der Waals surface area contributed by atoms with Crippen LogP contribution in [0.3, 0.4) is 0 Å². The van der Waals surface area contributed by atoms with Crippen LogP contribution in [0.4, 0.5) is 0 Å². The Bertz CT molecular complexity index is 1280. The summed E-state index contributed by atoms with van der Waals surface area (Å²) < 4.78 is 0. The Morgan fingerprint density at radius 1 is 0.765 bits per heavy atom. The van der Waals surface area contributed by atoms with Gasteiger partial charge in [0.1, 0.15) is 5.70 Å². The van der Waals surface area contributed by atoms with Crippen molar-refractivity contribution in [2.75, 3.05) is 0 Å². The average Bonchev–Trinajstić information content (AvgIpc) is 3.37. The van der Waals surface area contributed by atoms with E-state index in [2.05, 4.69) is 10.6 Å². The first-order valence-corrected chi connectivity index (χ1v) is 11.9. The van der Waals surface area contributed by atoms with Gasteiger partial charge in [0, 0.05) is 10.4 Å². The van der Waals surface area contributed by atoms with Gasteiger partial charge in [-0.1, -0.05) is 83.9 Å². The number of rotatable bonds is 7. The smallest absolute Gasteiger partial charge is 0.268 e. The molecule has 0 aliphatic rings. The first kappa shape index (κ1) is 23.2. The van der Waals surface area contributed by atoms with Crippen molar-refractivity contribution in [3.8, 4) is 0 Å². The zero-order chi connectivity index (χ0) is 23.9. The Hall–Kier alpha value is -3.96. The van der Waals surface area contributed by atoms with Crippen molar-refractivity contribution >= 4 is 29.2 Å². The molecular formula is C29H26N2O2S. The zero-order valence-electron chi connectivity index (χ0n) is 19.1. The molecule has 1 aromatic heterocycles. The highest BCUT2D eigenvalue weighted by atomic mass is 32.1. The number of carbonyl (C=O) groups excluding carboxylic acids is 2. The van der Waals surface area contributed by atoms with Gasteiger partial charge in [0.05, 0.1) is 6.04 Å². The fourth-order valence-electron chi connectivity index (χ4n) is 3.55. The molecule has 0 fully saturated rings. The van der Waals surface area contributed by atoms with E-state index in [1.807, 2.05) is 98.1 Å². The van der Waals surface area contributed by atoms with Gasteiger partial charge in [-0.05, 0) is 54.6 Å². The van der Waals surface area contributed by atoms with E-state index in [-0.39, 0.29) is 23.6 Å². The van der Waals surface area contributed by atoms with Crippen LogP contribution in [-0.4, -0.2) is 11.8 Å². The van der Waals surface area contributed by atoms with Crippen LogP contribution in [0.2, 0.25) is 0 Å². The van der Waals surface area contributed by atoms with Crippen molar-refractivity contribution in [3.63, 3.8) is 0 Å². The quantitative estimate of drug-likeness (QED) is 0.326. The van der Waals surface area contributed by atoms with Crippen molar-refractivity contribution in [1.82, 2.24) is 10.6 Å². The fraction of sp³-hybridized carbons (Fsp3) is 0.103. The Morgan fingerprint density at radius 2 is 1.38 bits per heavy atom. The lowest BCUT2D eigenvalue weighted by molar-refractivity contribution is -0.118. The molecule has 1 atom stereocenters. The highest BCUT2D eigenvalue weighted by Crippen LogP contribution is 2.23. The first-order valence-electron chi connectivity index (χ1n) is 11.1. The van der Waals surface area contributed by atoms with Gasteiger partial charge in [0.25, 0.3) is 11.8 Å². The van der Waals surface area contributed by atoms with Crippen LogP contribution in [0.1, 0.15) is 43.5 Å². The van der Waals surface area contributed by atoms with Gasteiger partial charge < -0.3 is 10.6 Å². The van der Waals surface area contributed by atoms with Crippen LogP contribution >= 0.6 is 11.3 Å². The second kappa shape index (κ2) is 10.8. The summed E-state index contributed by atoms with van der Waals surface area (Å²) in [7, 11) is 0. The van der Waals surface area contributed by atoms with Gasteiger partial charge in [-0.3, -0.25) is 9.59 Å². The van der Waals surface area contributed by atoms with Gasteiger partial charge in [-0.2, -0.15) is 0 Å². The minimum atomic E-state index is -0.364. The summed E-state index contributed by atoms with van der Waals surface area (Å²) in [5, 5.41) is 7.89. The summed E-state index contributed by atoms with van der Waals surface area (Å²) in [4.78, 5) is 27.3. The van der Waals surface area contributed by atoms with E-state index in [4.69, 9.17) is 0 Å². The summed E-state index contributed by atoms with van der Waals surface area (Å²) in [5.74, 6) is -0.687. The maximum absolute atomic E-state index is 13.5. The number of aryl methyl sites for hydroxylation is 2. The molecule has 0 aliphatic heterocycles. The van der Waals surface area contributed by atoms with E-state index in [1.54, 1.807) is 18.2 Å². The molecule has 0 spiro atoms. The van der Waals surface area contributed by atoms with Crippen LogP contribution in [-0.2, 0) is 4.79 Å². The SMILES string of the molecule is Cc1ccc(C(=O)N/C(=C\c2cccs2)C(=O)N[C@H](c2ccccc2)c2ccc(C)cc2)cc1. The van der Waals surface area contributed by atoms with Crippen LogP contribution < -0.4 is 10.6 Å². The molecule has 2 amide bonds. The van der Waals surface area contributed by atoms with Crippen LogP contribution in [0.25, 0.3) is 6.08 Å². The molecule has 4 aromatic rings. The summed E-state index contributed by atoms with van der Waals surface area (Å²) in [5.41, 5.74) is 4.82. The minimum absolute atomic E-state index is 0.195. The molecule has 0 bridgehead atoms. The van der Waals surface area contributed by atoms with E-state index >= 15 is 0 Å². The molecule has 4 rings (SSSR count). The summed E-state index contributed by atoms with van der Waals surface area (Å²) >= 11 is 1.50. The highest BCUT2D eigenvalue weighted by molar-refractivity contribution is 7.10. The molecular weight excluding hydrogens is 440 g/mol. The summed E-state index contributed by atoms with van der Waals surface area (Å²) in [6.07, 6.45) is 1.71. The number of amides is 2. The van der Waals surface area contributed by atoms with Crippen molar-refractivity contribution in [2.45, 2.75) is 19.9 Å². The van der Waals surface area contributed by atoms with Gasteiger partial charge in [0.15, 0.2) is 0 Å². The van der Waals surface area contributed by atoms with E-state index in [9.17, 15) is 9.59 Å². The second-order valence-electron chi connectivity index (χ2n) is 8.12. The molecule has 34 heavy (non-hydrogen) atoms. The Kier molecular flexibility index (Phi) is 7.35. The molecule has 4 nitrogen and oxygen atoms in total. The summed E-state index contributed by atoms with van der Waals surface area (Å²) in [6.45, 7) is 3.99. The molecule has 0 aliphatic carbocycles. The minimum Gasteiger partial charge on any atom is -0.340 e. The van der Waals surface area contributed by atoms with E-state index in [1.165, 1.54) is 11.3 Å². The van der Waals surface area contributed by atoms with Gasteiger partial charge >= 0.3 is 0 Å². The largest absolute Gasteiger partial charge is 0.340 e. The number of hydrogen-bond donors (Lipinski definition) is 2. The number of benzene rings is 3. The lowest BCUT2D eigenvalue weighted by Gasteiger charge is -2.21. The lowest BCUT2D eigenvalue weighted by atomic mass is 9.97. The van der Waals surface area contributed by atoms with Gasteiger partial charge in [0.2, 0.25) is 0 Å². The number of carbonyl (C=O) groups is 2. The van der Waals surface area contributed by atoms with Crippen molar-refractivity contribution in [3.05, 3.63) is 135 Å². The maximum atomic E-state index is 13.5. The molecule has 170 valence electrons. The Morgan fingerprint density at radius 3 is 2.00 bits per heavy atom. The van der Waals surface area contributed by atoms with Crippen molar-refractivity contribution < 1.29 is 9.59 Å².